The van der Waals surface area contributed by atoms with Crippen LogP contribution in [-0.2, 0) is 9.59 Å². The van der Waals surface area contributed by atoms with Gasteiger partial charge in [0.2, 0.25) is 5.91 Å². The molecule has 9 heteroatoms. The number of thiophene rings is 1. The zero-order valence-electron chi connectivity index (χ0n) is 15.7. The molecule has 1 saturated carbocycles. The minimum atomic E-state index is -5.15. The number of benzene rings is 1. The fraction of sp³-hybridized carbons (Fsp3) is 0.400. The highest BCUT2D eigenvalue weighted by atomic mass is 32.1. The van der Waals surface area contributed by atoms with Crippen LogP contribution < -0.4 is 15.0 Å². The third kappa shape index (κ3) is 4.90. The van der Waals surface area contributed by atoms with E-state index in [2.05, 4.69) is 5.32 Å². The van der Waals surface area contributed by atoms with Crippen LogP contribution in [0.2, 0.25) is 0 Å². The predicted octanol–water partition coefficient (Wildman–Crippen LogP) is 4.45. The number of alkyl halides is 3. The summed E-state index contributed by atoms with van der Waals surface area (Å²) in [6, 6.07) is 7.36. The van der Waals surface area contributed by atoms with Crippen molar-refractivity contribution in [3.8, 4) is 5.75 Å². The molecule has 2 aromatic rings. The minimum absolute atomic E-state index is 0.0633. The van der Waals surface area contributed by atoms with E-state index in [0.717, 1.165) is 37.0 Å². The number of carbonyl (C=O) groups excluding carboxylic acids is 2. The molecule has 0 unspecified atom stereocenters. The van der Waals surface area contributed by atoms with Gasteiger partial charge in [-0.25, -0.2) is 0 Å². The van der Waals surface area contributed by atoms with Crippen LogP contribution in [0, 0.1) is 0 Å². The van der Waals surface area contributed by atoms with Crippen molar-refractivity contribution in [1.82, 2.24) is 5.32 Å². The Kier molecular flexibility index (Phi) is 6.46. The van der Waals surface area contributed by atoms with E-state index in [1.165, 1.54) is 25.3 Å². The van der Waals surface area contributed by atoms with Gasteiger partial charge in [0, 0.05) is 22.7 Å². The maximum atomic E-state index is 13.5. The molecule has 1 fully saturated rings. The van der Waals surface area contributed by atoms with Crippen molar-refractivity contribution in [3.63, 3.8) is 0 Å². The van der Waals surface area contributed by atoms with E-state index in [4.69, 9.17) is 4.74 Å². The zero-order chi connectivity index (χ0) is 21.0. The average molecular weight is 426 g/mol. The highest BCUT2D eigenvalue weighted by molar-refractivity contribution is 7.10. The largest absolute Gasteiger partial charge is 0.497 e. The minimum Gasteiger partial charge on any atom is -0.497 e. The second-order valence-electron chi connectivity index (χ2n) is 6.78. The molecule has 1 N–H and O–H groups in total. The number of rotatable bonds is 6. The number of methoxy groups -OCH3 is 1. The van der Waals surface area contributed by atoms with Gasteiger partial charge in [-0.2, -0.15) is 13.2 Å². The van der Waals surface area contributed by atoms with E-state index < -0.39 is 24.0 Å². The Balaban J connectivity index is 2.06. The van der Waals surface area contributed by atoms with Crippen LogP contribution in [0.4, 0.5) is 18.9 Å². The summed E-state index contributed by atoms with van der Waals surface area (Å²) in [7, 11) is 1.37. The number of hydrogen-bond donors (Lipinski definition) is 1. The standard InChI is InChI=1S/C20H21F3N2O3S/c1-28-15-9-4-8-14(12-15)25(19(27)20(21,22)23)17(16-10-5-11-29-16)18(26)24-13-6-2-3-7-13/h4-5,8-13,17H,2-3,6-7H2,1H3,(H,24,26)/t17-/m1/s1. The number of nitrogens with one attached hydrogen (secondary N) is 1. The van der Waals surface area contributed by atoms with E-state index in [9.17, 15) is 22.8 Å². The summed E-state index contributed by atoms with van der Waals surface area (Å²) >= 11 is 1.12. The second kappa shape index (κ2) is 8.86. The molecule has 0 saturated heterocycles. The number of halogens is 3. The van der Waals surface area contributed by atoms with Gasteiger partial charge >= 0.3 is 12.1 Å². The molecular formula is C20H21F3N2O3S. The summed E-state index contributed by atoms with van der Waals surface area (Å²) in [6.07, 6.45) is -1.69. The van der Waals surface area contributed by atoms with Gasteiger partial charge in [-0.05, 0) is 36.4 Å². The highest BCUT2D eigenvalue weighted by Crippen LogP contribution is 2.36. The first kappa shape index (κ1) is 21.2. The van der Waals surface area contributed by atoms with Crippen molar-refractivity contribution in [2.45, 2.75) is 43.9 Å². The number of hydrogen-bond acceptors (Lipinski definition) is 4. The third-order valence-corrected chi connectivity index (χ3v) is 5.74. The maximum absolute atomic E-state index is 13.5. The lowest BCUT2D eigenvalue weighted by Gasteiger charge is -2.32. The quantitative estimate of drug-likeness (QED) is 0.742. The number of ether oxygens (including phenoxy) is 1. The van der Waals surface area contributed by atoms with Crippen molar-refractivity contribution in [2.75, 3.05) is 12.0 Å². The fourth-order valence-corrected chi connectivity index (χ4v) is 4.26. The van der Waals surface area contributed by atoms with Gasteiger partial charge in [-0.3, -0.25) is 14.5 Å². The van der Waals surface area contributed by atoms with Crippen molar-refractivity contribution >= 4 is 28.8 Å². The second-order valence-corrected chi connectivity index (χ2v) is 7.76. The van der Waals surface area contributed by atoms with Gasteiger partial charge in [0.15, 0.2) is 6.04 Å². The van der Waals surface area contributed by atoms with Crippen LogP contribution in [0.3, 0.4) is 0 Å². The number of carbonyl (C=O) groups is 2. The first-order chi connectivity index (χ1) is 13.8. The summed E-state index contributed by atoms with van der Waals surface area (Å²) in [5.74, 6) is -2.45. The topological polar surface area (TPSA) is 58.6 Å². The highest BCUT2D eigenvalue weighted by Gasteiger charge is 2.48. The molecule has 1 aliphatic carbocycles. The van der Waals surface area contributed by atoms with E-state index in [0.29, 0.717) is 9.78 Å². The fourth-order valence-electron chi connectivity index (χ4n) is 3.45. The van der Waals surface area contributed by atoms with Crippen molar-refractivity contribution < 1.29 is 27.5 Å². The normalized spacial score (nSPS) is 15.7. The van der Waals surface area contributed by atoms with Gasteiger partial charge in [-0.1, -0.05) is 25.0 Å². The molecule has 3 rings (SSSR count). The summed E-state index contributed by atoms with van der Waals surface area (Å²) < 4.78 is 45.6. The molecule has 1 aliphatic rings. The summed E-state index contributed by atoms with van der Waals surface area (Å²) in [5, 5.41) is 4.49. The van der Waals surface area contributed by atoms with Crippen LogP contribution >= 0.6 is 11.3 Å². The van der Waals surface area contributed by atoms with Crippen molar-refractivity contribution in [2.24, 2.45) is 0 Å². The van der Waals surface area contributed by atoms with Crippen molar-refractivity contribution in [3.05, 3.63) is 46.7 Å². The Hall–Kier alpha value is -2.55. The molecule has 156 valence electrons. The molecule has 0 spiro atoms. The maximum Gasteiger partial charge on any atom is 0.471 e. The summed E-state index contributed by atoms with van der Waals surface area (Å²) in [4.78, 5) is 26.4. The molecular weight excluding hydrogens is 405 g/mol. The average Bonchev–Trinajstić information content (AvgIpc) is 3.38. The molecule has 5 nitrogen and oxygen atoms in total. The molecule has 2 amide bonds. The third-order valence-electron chi connectivity index (χ3n) is 4.81. The molecule has 29 heavy (non-hydrogen) atoms. The van der Waals surface area contributed by atoms with Gasteiger partial charge in [0.05, 0.1) is 7.11 Å². The Labute approximate surface area is 170 Å². The van der Waals surface area contributed by atoms with E-state index in [1.54, 1.807) is 23.6 Å². The van der Waals surface area contributed by atoms with Gasteiger partial charge in [0.25, 0.3) is 0 Å². The van der Waals surface area contributed by atoms with Crippen LogP contribution in [0.5, 0.6) is 5.75 Å². The van der Waals surface area contributed by atoms with E-state index >= 15 is 0 Å². The van der Waals surface area contributed by atoms with Crippen molar-refractivity contribution in [1.29, 1.82) is 0 Å². The van der Waals surface area contributed by atoms with Gasteiger partial charge < -0.3 is 10.1 Å². The number of anilines is 1. The Bertz CT molecular complexity index is 849. The molecule has 1 aromatic heterocycles. The summed E-state index contributed by atoms with van der Waals surface area (Å²) in [5.41, 5.74) is -0.0633. The molecule has 0 radical (unpaired) electrons. The van der Waals surface area contributed by atoms with Crippen LogP contribution in [-0.4, -0.2) is 31.1 Å². The smallest absolute Gasteiger partial charge is 0.471 e. The first-order valence-electron chi connectivity index (χ1n) is 9.19. The molecule has 1 aromatic carbocycles. The summed E-state index contributed by atoms with van der Waals surface area (Å²) in [6.45, 7) is 0. The van der Waals surface area contributed by atoms with Crippen LogP contribution in [0.1, 0.15) is 36.6 Å². The van der Waals surface area contributed by atoms with Crippen LogP contribution in [0.25, 0.3) is 0 Å². The van der Waals surface area contributed by atoms with Crippen LogP contribution in [0.15, 0.2) is 41.8 Å². The number of amides is 2. The zero-order valence-corrected chi connectivity index (χ0v) is 16.6. The van der Waals surface area contributed by atoms with Gasteiger partial charge in [-0.15, -0.1) is 11.3 Å². The Morgan fingerprint density at radius 3 is 2.52 bits per heavy atom. The SMILES string of the molecule is COc1cccc(N(C(=O)C(F)(F)F)[C@@H](C(=O)NC2CCCC2)c2cccs2)c1. The molecule has 0 bridgehead atoms. The van der Waals surface area contributed by atoms with E-state index in [-0.39, 0.29) is 17.5 Å². The number of nitrogens with zero attached hydrogens (tertiary/aromatic N) is 1. The molecule has 1 atom stereocenters. The van der Waals surface area contributed by atoms with E-state index in [1.807, 2.05) is 0 Å². The first-order valence-corrected chi connectivity index (χ1v) is 10.1. The lowest BCUT2D eigenvalue weighted by atomic mass is 10.1. The van der Waals surface area contributed by atoms with Gasteiger partial charge in [0.1, 0.15) is 5.75 Å². The molecule has 0 aliphatic heterocycles. The predicted molar refractivity (Wildman–Crippen MR) is 104 cm³/mol. The molecule has 1 heterocycles. The monoisotopic (exact) mass is 426 g/mol. The Morgan fingerprint density at radius 1 is 1.21 bits per heavy atom. The lowest BCUT2D eigenvalue weighted by Crippen LogP contribution is -2.50. The lowest BCUT2D eigenvalue weighted by molar-refractivity contribution is -0.171. The Morgan fingerprint density at radius 2 is 1.93 bits per heavy atom.